The maximum absolute atomic E-state index is 12.1. The maximum Gasteiger partial charge on any atom is 0.266 e. The van der Waals surface area contributed by atoms with Crippen molar-refractivity contribution in [1.29, 1.82) is 5.26 Å². The molecule has 0 spiro atoms. The van der Waals surface area contributed by atoms with E-state index in [9.17, 15) is 4.79 Å². The zero-order valence-electron chi connectivity index (χ0n) is 11.8. The lowest BCUT2D eigenvalue weighted by molar-refractivity contribution is -0.112. The van der Waals surface area contributed by atoms with Crippen LogP contribution in [0.5, 0.6) is 5.75 Å². The molecule has 0 aliphatic carbocycles. The van der Waals surface area contributed by atoms with Gasteiger partial charge in [0.1, 0.15) is 17.4 Å². The van der Waals surface area contributed by atoms with Crippen molar-refractivity contribution in [3.05, 3.63) is 53.9 Å². The van der Waals surface area contributed by atoms with Gasteiger partial charge >= 0.3 is 0 Å². The molecule has 2 aromatic rings. The number of nitriles is 1. The van der Waals surface area contributed by atoms with Gasteiger partial charge in [-0.25, -0.2) is 0 Å². The van der Waals surface area contributed by atoms with Gasteiger partial charge in [0, 0.05) is 31.2 Å². The van der Waals surface area contributed by atoms with Crippen LogP contribution in [0.4, 0.5) is 5.69 Å². The molecule has 1 amide bonds. The largest absolute Gasteiger partial charge is 0.497 e. The maximum atomic E-state index is 12.1. The molecule has 1 aromatic carbocycles. The van der Waals surface area contributed by atoms with E-state index in [0.29, 0.717) is 11.4 Å². The number of anilines is 1. The molecule has 2 rings (SSSR count). The lowest BCUT2D eigenvalue weighted by Gasteiger charge is -2.06. The Morgan fingerprint density at radius 3 is 2.86 bits per heavy atom. The summed E-state index contributed by atoms with van der Waals surface area (Å²) in [6.45, 7) is 0. The highest BCUT2D eigenvalue weighted by Crippen LogP contribution is 2.17. The summed E-state index contributed by atoms with van der Waals surface area (Å²) < 4.78 is 6.94. The van der Waals surface area contributed by atoms with E-state index in [0.717, 1.165) is 5.56 Å². The monoisotopic (exact) mass is 281 g/mol. The van der Waals surface area contributed by atoms with E-state index in [-0.39, 0.29) is 5.57 Å². The van der Waals surface area contributed by atoms with Crippen LogP contribution in [0.15, 0.2) is 48.3 Å². The number of rotatable bonds is 4. The van der Waals surface area contributed by atoms with Crippen molar-refractivity contribution in [2.24, 2.45) is 7.05 Å². The van der Waals surface area contributed by atoms with Gasteiger partial charge in [0.15, 0.2) is 0 Å². The number of hydrogen-bond acceptors (Lipinski definition) is 3. The highest BCUT2D eigenvalue weighted by atomic mass is 16.5. The Bertz CT molecular complexity index is 723. The van der Waals surface area contributed by atoms with Crippen molar-refractivity contribution in [3.8, 4) is 11.8 Å². The van der Waals surface area contributed by atoms with Crippen molar-refractivity contribution in [3.63, 3.8) is 0 Å². The van der Waals surface area contributed by atoms with Crippen LogP contribution >= 0.6 is 0 Å². The first-order valence-corrected chi connectivity index (χ1v) is 6.31. The number of benzene rings is 1. The summed E-state index contributed by atoms with van der Waals surface area (Å²) >= 11 is 0. The SMILES string of the molecule is COc1cccc(NC(=O)/C(C#N)=C/c2ccn(C)c2)c1. The molecule has 1 aromatic heterocycles. The van der Waals surface area contributed by atoms with Gasteiger partial charge in [0.05, 0.1) is 7.11 Å². The number of amides is 1. The molecule has 0 atom stereocenters. The molecular weight excluding hydrogens is 266 g/mol. The molecule has 0 radical (unpaired) electrons. The molecule has 5 heteroatoms. The van der Waals surface area contributed by atoms with Crippen LogP contribution in [0.25, 0.3) is 6.08 Å². The quantitative estimate of drug-likeness (QED) is 0.692. The number of nitrogens with one attached hydrogen (secondary N) is 1. The van der Waals surface area contributed by atoms with Crippen molar-refractivity contribution in [2.45, 2.75) is 0 Å². The van der Waals surface area contributed by atoms with E-state index >= 15 is 0 Å². The van der Waals surface area contributed by atoms with Crippen LogP contribution in [0.2, 0.25) is 0 Å². The molecule has 0 aliphatic heterocycles. The molecule has 0 unspecified atom stereocenters. The highest BCUT2D eigenvalue weighted by Gasteiger charge is 2.10. The van der Waals surface area contributed by atoms with Gasteiger partial charge in [-0.2, -0.15) is 5.26 Å². The van der Waals surface area contributed by atoms with Crippen molar-refractivity contribution in [2.75, 3.05) is 12.4 Å². The van der Waals surface area contributed by atoms with Crippen LogP contribution in [0, 0.1) is 11.3 Å². The van der Waals surface area contributed by atoms with Crippen molar-refractivity contribution < 1.29 is 9.53 Å². The van der Waals surface area contributed by atoms with Crippen molar-refractivity contribution in [1.82, 2.24) is 4.57 Å². The predicted octanol–water partition coefficient (Wildman–Crippen LogP) is 2.58. The molecule has 0 saturated carbocycles. The third kappa shape index (κ3) is 3.74. The van der Waals surface area contributed by atoms with Crippen molar-refractivity contribution >= 4 is 17.7 Å². The fraction of sp³-hybridized carbons (Fsp3) is 0.125. The Hall–Kier alpha value is -3.00. The minimum atomic E-state index is -0.449. The van der Waals surface area contributed by atoms with Gasteiger partial charge in [-0.1, -0.05) is 6.07 Å². The smallest absolute Gasteiger partial charge is 0.266 e. The molecule has 0 saturated heterocycles. The Balaban J connectivity index is 2.17. The summed E-state index contributed by atoms with van der Waals surface area (Å²) in [7, 11) is 3.43. The summed E-state index contributed by atoms with van der Waals surface area (Å²) in [5.41, 5.74) is 1.42. The van der Waals surface area contributed by atoms with E-state index in [4.69, 9.17) is 10.00 Å². The predicted molar refractivity (Wildman–Crippen MR) is 80.6 cm³/mol. The summed E-state index contributed by atoms with van der Waals surface area (Å²) in [5, 5.41) is 11.8. The number of nitrogens with zero attached hydrogens (tertiary/aromatic N) is 2. The second-order valence-corrected chi connectivity index (χ2v) is 4.47. The van der Waals surface area contributed by atoms with E-state index in [1.165, 1.54) is 0 Å². The molecule has 0 bridgehead atoms. The fourth-order valence-corrected chi connectivity index (χ4v) is 1.82. The summed E-state index contributed by atoms with van der Waals surface area (Å²) in [6.07, 6.45) is 5.23. The highest BCUT2D eigenvalue weighted by molar-refractivity contribution is 6.09. The molecular formula is C16H15N3O2. The summed E-state index contributed by atoms with van der Waals surface area (Å²) in [4.78, 5) is 12.1. The van der Waals surface area contributed by atoms with E-state index in [1.807, 2.05) is 36.1 Å². The van der Waals surface area contributed by atoms with Gasteiger partial charge in [-0.3, -0.25) is 4.79 Å². The number of aromatic nitrogens is 1. The van der Waals surface area contributed by atoms with Gasteiger partial charge in [-0.15, -0.1) is 0 Å². The first kappa shape index (κ1) is 14.4. The van der Waals surface area contributed by atoms with E-state index < -0.39 is 5.91 Å². The zero-order valence-corrected chi connectivity index (χ0v) is 11.8. The zero-order chi connectivity index (χ0) is 15.2. The third-order valence-corrected chi connectivity index (χ3v) is 2.86. The Morgan fingerprint density at radius 1 is 1.43 bits per heavy atom. The van der Waals surface area contributed by atoms with Gasteiger partial charge < -0.3 is 14.6 Å². The van der Waals surface area contributed by atoms with Gasteiger partial charge in [-0.05, 0) is 29.8 Å². The molecule has 1 N–H and O–H groups in total. The Kier molecular flexibility index (Phi) is 4.42. The van der Waals surface area contributed by atoms with Crippen LogP contribution in [-0.2, 0) is 11.8 Å². The topological polar surface area (TPSA) is 67.0 Å². The number of carbonyl (C=O) groups excluding carboxylic acids is 1. The van der Waals surface area contributed by atoms with Crippen LogP contribution in [0.1, 0.15) is 5.56 Å². The molecule has 0 fully saturated rings. The lowest BCUT2D eigenvalue weighted by atomic mass is 10.2. The normalized spacial score (nSPS) is 10.8. The number of aryl methyl sites for hydroxylation is 1. The summed E-state index contributed by atoms with van der Waals surface area (Å²) in [5.74, 6) is 0.188. The van der Waals surface area contributed by atoms with Crippen LogP contribution < -0.4 is 10.1 Å². The second-order valence-electron chi connectivity index (χ2n) is 4.47. The van der Waals surface area contributed by atoms with E-state index in [1.54, 1.807) is 37.5 Å². The number of hydrogen-bond donors (Lipinski definition) is 1. The molecule has 5 nitrogen and oxygen atoms in total. The molecule has 21 heavy (non-hydrogen) atoms. The van der Waals surface area contributed by atoms with E-state index in [2.05, 4.69) is 5.32 Å². The average Bonchev–Trinajstić information content (AvgIpc) is 2.90. The number of methoxy groups -OCH3 is 1. The lowest BCUT2D eigenvalue weighted by Crippen LogP contribution is -2.13. The molecule has 106 valence electrons. The van der Waals surface area contributed by atoms with Crippen LogP contribution in [0.3, 0.4) is 0 Å². The number of carbonyl (C=O) groups is 1. The molecule has 1 heterocycles. The fourth-order valence-electron chi connectivity index (χ4n) is 1.82. The standard InChI is InChI=1S/C16H15N3O2/c1-19-7-6-12(11-19)8-13(10-17)16(20)18-14-4-3-5-15(9-14)21-2/h3-9,11H,1-2H3,(H,18,20)/b13-8+. The summed E-state index contributed by atoms with van der Waals surface area (Å²) in [6, 6.07) is 10.7. The van der Waals surface area contributed by atoms with Gasteiger partial charge in [0.2, 0.25) is 0 Å². The Morgan fingerprint density at radius 2 is 2.24 bits per heavy atom. The van der Waals surface area contributed by atoms with Gasteiger partial charge in [0.25, 0.3) is 5.91 Å². The minimum Gasteiger partial charge on any atom is -0.497 e. The Labute approximate surface area is 123 Å². The first-order chi connectivity index (χ1) is 10.1. The van der Waals surface area contributed by atoms with Crippen LogP contribution in [-0.4, -0.2) is 17.6 Å². The minimum absolute atomic E-state index is 0.0454. The second kappa shape index (κ2) is 6.44. The number of ether oxygens (including phenoxy) is 1. The third-order valence-electron chi connectivity index (χ3n) is 2.86. The first-order valence-electron chi connectivity index (χ1n) is 6.31. The average molecular weight is 281 g/mol. The molecule has 0 aliphatic rings.